The van der Waals surface area contributed by atoms with E-state index >= 15 is 0 Å². The number of ether oxygens (including phenoxy) is 1. The summed E-state index contributed by atoms with van der Waals surface area (Å²) in [7, 11) is 0. The third-order valence-electron chi connectivity index (χ3n) is 4.05. The summed E-state index contributed by atoms with van der Waals surface area (Å²) in [5, 5.41) is 3.49. The second-order valence-electron chi connectivity index (χ2n) is 7.41. The summed E-state index contributed by atoms with van der Waals surface area (Å²) < 4.78 is 6.16. The normalized spacial score (nSPS) is 29.8. The van der Waals surface area contributed by atoms with E-state index in [9.17, 15) is 0 Å². The molecule has 0 aliphatic heterocycles. The molecule has 1 rings (SSSR count). The number of rotatable bonds is 5. The molecule has 1 fully saturated rings. The highest BCUT2D eigenvalue weighted by molar-refractivity contribution is 4.81. The maximum absolute atomic E-state index is 6.16. The predicted octanol–water partition coefficient (Wildman–Crippen LogP) is 3.85. The van der Waals surface area contributed by atoms with Crippen LogP contribution in [0.5, 0.6) is 0 Å². The fourth-order valence-corrected chi connectivity index (χ4v) is 2.94. The molecule has 0 spiro atoms. The Morgan fingerprint density at radius 2 is 1.89 bits per heavy atom. The monoisotopic (exact) mass is 255 g/mol. The van der Waals surface area contributed by atoms with Gasteiger partial charge in [-0.1, -0.05) is 27.2 Å². The number of hydrogen-bond donors (Lipinski definition) is 1. The third kappa shape index (κ3) is 5.71. The van der Waals surface area contributed by atoms with Crippen molar-refractivity contribution in [2.24, 2.45) is 17.8 Å². The van der Waals surface area contributed by atoms with E-state index in [2.05, 4.69) is 46.9 Å². The van der Waals surface area contributed by atoms with Gasteiger partial charge in [-0.25, -0.2) is 0 Å². The van der Waals surface area contributed by atoms with Crippen molar-refractivity contribution in [3.63, 3.8) is 0 Å². The maximum atomic E-state index is 6.16. The van der Waals surface area contributed by atoms with Crippen molar-refractivity contribution in [1.82, 2.24) is 5.32 Å². The second-order valence-corrected chi connectivity index (χ2v) is 7.41. The zero-order chi connectivity index (χ0) is 13.8. The van der Waals surface area contributed by atoms with Crippen molar-refractivity contribution in [3.8, 4) is 0 Å². The van der Waals surface area contributed by atoms with Crippen LogP contribution in [0.2, 0.25) is 0 Å². The summed E-state index contributed by atoms with van der Waals surface area (Å²) in [5.74, 6) is 2.34. The quantitative estimate of drug-likeness (QED) is 0.753. The lowest BCUT2D eigenvalue weighted by Crippen LogP contribution is -2.40. The van der Waals surface area contributed by atoms with Crippen molar-refractivity contribution >= 4 is 0 Å². The molecular weight excluding hydrogens is 222 g/mol. The highest BCUT2D eigenvalue weighted by atomic mass is 16.5. The van der Waals surface area contributed by atoms with Gasteiger partial charge in [-0.2, -0.15) is 0 Å². The van der Waals surface area contributed by atoms with E-state index in [1.807, 2.05) is 0 Å². The first-order chi connectivity index (χ1) is 8.29. The molecule has 0 aromatic carbocycles. The van der Waals surface area contributed by atoms with E-state index < -0.39 is 0 Å². The van der Waals surface area contributed by atoms with Crippen LogP contribution in [0, 0.1) is 17.8 Å². The van der Waals surface area contributed by atoms with Crippen LogP contribution in [-0.2, 0) is 4.74 Å². The second kappa shape index (κ2) is 6.91. The maximum Gasteiger partial charge on any atom is 0.0608 e. The van der Waals surface area contributed by atoms with Gasteiger partial charge in [0.25, 0.3) is 0 Å². The number of nitrogens with one attached hydrogen (secondary N) is 1. The van der Waals surface area contributed by atoms with Crippen LogP contribution in [0.15, 0.2) is 0 Å². The zero-order valence-corrected chi connectivity index (χ0v) is 13.3. The minimum atomic E-state index is 0.195. The van der Waals surface area contributed by atoms with Gasteiger partial charge in [-0.15, -0.1) is 0 Å². The van der Waals surface area contributed by atoms with Gasteiger partial charge in [0.05, 0.1) is 12.7 Å². The third-order valence-corrected chi connectivity index (χ3v) is 4.05. The Labute approximate surface area is 114 Å². The van der Waals surface area contributed by atoms with Crippen LogP contribution in [0.3, 0.4) is 0 Å². The zero-order valence-electron chi connectivity index (χ0n) is 13.3. The van der Waals surface area contributed by atoms with Crippen molar-refractivity contribution < 1.29 is 4.74 Å². The Bertz CT molecular complexity index is 232. The van der Waals surface area contributed by atoms with E-state index in [0.717, 1.165) is 30.9 Å². The molecular formula is C16H33NO. The Kier molecular flexibility index (Phi) is 6.13. The summed E-state index contributed by atoms with van der Waals surface area (Å²) in [4.78, 5) is 0. The lowest BCUT2D eigenvalue weighted by molar-refractivity contribution is -0.0377. The molecule has 1 saturated carbocycles. The van der Waals surface area contributed by atoms with E-state index in [0.29, 0.717) is 6.10 Å². The fraction of sp³-hybridized carbons (Fsp3) is 1.00. The molecule has 0 amide bonds. The van der Waals surface area contributed by atoms with Gasteiger partial charge < -0.3 is 10.1 Å². The van der Waals surface area contributed by atoms with Crippen LogP contribution in [0.1, 0.15) is 60.8 Å². The standard InChI is InChI=1S/C16H33NO/c1-12(2)14-8-7-13(3)11-15(14)18-10-9-17-16(4,5)6/h12-15,17H,7-11H2,1-6H3. The first-order valence-electron chi connectivity index (χ1n) is 7.66. The van der Waals surface area contributed by atoms with E-state index in [4.69, 9.17) is 4.74 Å². The molecule has 0 bridgehead atoms. The van der Waals surface area contributed by atoms with Gasteiger partial charge in [-0.05, 0) is 51.4 Å². The molecule has 0 aromatic rings. The molecule has 2 heteroatoms. The summed E-state index contributed by atoms with van der Waals surface area (Å²) in [6.07, 6.45) is 4.45. The van der Waals surface area contributed by atoms with Crippen LogP contribution < -0.4 is 5.32 Å². The Morgan fingerprint density at radius 1 is 1.22 bits per heavy atom. The molecule has 0 aromatic heterocycles. The van der Waals surface area contributed by atoms with Crippen molar-refractivity contribution in [2.45, 2.75) is 72.4 Å². The van der Waals surface area contributed by atoms with Gasteiger partial charge in [0.2, 0.25) is 0 Å². The smallest absolute Gasteiger partial charge is 0.0608 e. The van der Waals surface area contributed by atoms with Gasteiger partial charge in [0, 0.05) is 12.1 Å². The van der Waals surface area contributed by atoms with Crippen molar-refractivity contribution in [2.75, 3.05) is 13.2 Å². The summed E-state index contributed by atoms with van der Waals surface area (Å²) in [6, 6.07) is 0. The van der Waals surface area contributed by atoms with Crippen molar-refractivity contribution in [3.05, 3.63) is 0 Å². The summed E-state index contributed by atoms with van der Waals surface area (Å²) >= 11 is 0. The Balaban J connectivity index is 2.32. The Morgan fingerprint density at radius 3 is 2.44 bits per heavy atom. The van der Waals surface area contributed by atoms with E-state index in [1.165, 1.54) is 19.3 Å². The van der Waals surface area contributed by atoms with Crippen LogP contribution in [0.4, 0.5) is 0 Å². The molecule has 2 nitrogen and oxygen atoms in total. The van der Waals surface area contributed by atoms with Gasteiger partial charge in [0.15, 0.2) is 0 Å². The summed E-state index contributed by atoms with van der Waals surface area (Å²) in [6.45, 7) is 15.4. The van der Waals surface area contributed by atoms with Gasteiger partial charge >= 0.3 is 0 Å². The summed E-state index contributed by atoms with van der Waals surface area (Å²) in [5.41, 5.74) is 0.195. The molecule has 0 heterocycles. The Hall–Kier alpha value is -0.0800. The lowest BCUT2D eigenvalue weighted by atomic mass is 9.75. The minimum Gasteiger partial charge on any atom is -0.377 e. The van der Waals surface area contributed by atoms with Crippen molar-refractivity contribution in [1.29, 1.82) is 0 Å². The highest BCUT2D eigenvalue weighted by Gasteiger charge is 2.31. The van der Waals surface area contributed by atoms with E-state index in [1.54, 1.807) is 0 Å². The first kappa shape index (κ1) is 16.0. The van der Waals surface area contributed by atoms with Gasteiger partial charge in [0.1, 0.15) is 0 Å². The molecule has 1 aliphatic rings. The highest BCUT2D eigenvalue weighted by Crippen LogP contribution is 2.35. The minimum absolute atomic E-state index is 0.195. The van der Waals surface area contributed by atoms with Crippen LogP contribution >= 0.6 is 0 Å². The van der Waals surface area contributed by atoms with Crippen LogP contribution in [-0.4, -0.2) is 24.8 Å². The van der Waals surface area contributed by atoms with Gasteiger partial charge in [-0.3, -0.25) is 0 Å². The molecule has 3 atom stereocenters. The molecule has 1 N–H and O–H groups in total. The largest absolute Gasteiger partial charge is 0.377 e. The van der Waals surface area contributed by atoms with E-state index in [-0.39, 0.29) is 5.54 Å². The SMILES string of the molecule is CC1CCC(C(C)C)C(OCCNC(C)(C)C)C1. The molecule has 0 radical (unpaired) electrons. The molecule has 0 saturated heterocycles. The molecule has 1 aliphatic carbocycles. The fourth-order valence-electron chi connectivity index (χ4n) is 2.94. The molecule has 108 valence electrons. The average molecular weight is 255 g/mol. The van der Waals surface area contributed by atoms with Crippen LogP contribution in [0.25, 0.3) is 0 Å². The lowest BCUT2D eigenvalue weighted by Gasteiger charge is -2.37. The predicted molar refractivity (Wildman–Crippen MR) is 78.8 cm³/mol. The molecule has 18 heavy (non-hydrogen) atoms. The average Bonchev–Trinajstić information content (AvgIpc) is 2.22. The number of hydrogen-bond acceptors (Lipinski definition) is 2. The molecule has 3 unspecified atom stereocenters. The first-order valence-corrected chi connectivity index (χ1v) is 7.66. The topological polar surface area (TPSA) is 21.3 Å².